The molecule has 0 radical (unpaired) electrons. The summed E-state index contributed by atoms with van der Waals surface area (Å²) in [7, 11) is 0. The number of furan rings is 1. The van der Waals surface area contributed by atoms with Crippen molar-refractivity contribution >= 4 is 11.8 Å². The minimum atomic E-state index is 0.758. The molecule has 0 saturated carbocycles. The van der Waals surface area contributed by atoms with Crippen LogP contribution >= 0.6 is 11.8 Å². The van der Waals surface area contributed by atoms with Crippen molar-refractivity contribution in [1.82, 2.24) is 0 Å². The molecule has 1 aromatic rings. The van der Waals surface area contributed by atoms with Crippen LogP contribution < -0.4 is 0 Å². The highest BCUT2D eigenvalue weighted by molar-refractivity contribution is 8.06. The van der Waals surface area contributed by atoms with E-state index in [-0.39, 0.29) is 0 Å². The lowest BCUT2D eigenvalue weighted by molar-refractivity contribution is 0.564. The lowest BCUT2D eigenvalue weighted by Crippen LogP contribution is -1.67. The maximum atomic E-state index is 4.90. The van der Waals surface area contributed by atoms with Crippen molar-refractivity contribution < 1.29 is 4.42 Å². The molecule has 0 aliphatic carbocycles. The molecule has 0 spiro atoms. The average Bonchev–Trinajstić information content (AvgIpc) is 2.49. The molecular weight excluding hydrogens is 120 g/mol. The lowest BCUT2D eigenvalue weighted by Gasteiger charge is -1.78. The Kier molecular flexibility index (Phi) is 0.875. The molecule has 1 atom stereocenters. The molecule has 1 unspecified atom stereocenters. The molecule has 2 heterocycles. The molecule has 2 heteroatoms. The number of thioether (sulfide) groups is 1. The van der Waals surface area contributed by atoms with Gasteiger partial charge in [0.1, 0.15) is 0 Å². The third kappa shape index (κ3) is 0.650. The van der Waals surface area contributed by atoms with Crippen molar-refractivity contribution in [1.29, 1.82) is 0 Å². The third-order valence-corrected chi connectivity index (χ3v) is 2.19. The van der Waals surface area contributed by atoms with Gasteiger partial charge in [-0.05, 0) is 6.07 Å². The first kappa shape index (κ1) is 4.50. The maximum Gasteiger partial charge on any atom is 0.0946 e. The van der Waals surface area contributed by atoms with E-state index in [0.717, 1.165) is 5.25 Å². The van der Waals surface area contributed by atoms with E-state index >= 15 is 0 Å². The summed E-state index contributed by atoms with van der Waals surface area (Å²) < 4.78 is 4.90. The molecule has 0 amide bonds. The van der Waals surface area contributed by atoms with E-state index in [1.165, 1.54) is 11.3 Å². The molecule has 0 aromatic carbocycles. The van der Waals surface area contributed by atoms with E-state index in [4.69, 9.17) is 4.42 Å². The Bertz CT molecular complexity index is 165. The molecule has 1 aliphatic heterocycles. The molecule has 8 heavy (non-hydrogen) atoms. The van der Waals surface area contributed by atoms with Gasteiger partial charge >= 0.3 is 0 Å². The van der Waals surface area contributed by atoms with Crippen LogP contribution in [0.1, 0.15) is 10.8 Å². The summed E-state index contributed by atoms with van der Waals surface area (Å²) in [5, 5.41) is 0.758. The molecule has 42 valence electrons. The molecule has 1 fully saturated rings. The van der Waals surface area contributed by atoms with Crippen LogP contribution in [-0.2, 0) is 0 Å². The first-order valence-electron chi connectivity index (χ1n) is 2.60. The summed E-state index contributed by atoms with van der Waals surface area (Å²) in [6.07, 6.45) is 3.55. The largest absolute Gasteiger partial charge is 0.472 e. The van der Waals surface area contributed by atoms with E-state index in [1.807, 2.05) is 24.1 Å². The van der Waals surface area contributed by atoms with E-state index < -0.39 is 0 Å². The second kappa shape index (κ2) is 1.55. The van der Waals surface area contributed by atoms with E-state index in [9.17, 15) is 0 Å². The smallest absolute Gasteiger partial charge is 0.0946 e. The van der Waals surface area contributed by atoms with Gasteiger partial charge in [0, 0.05) is 16.6 Å². The van der Waals surface area contributed by atoms with Crippen LogP contribution in [-0.4, -0.2) is 5.75 Å². The Morgan fingerprint density at radius 1 is 1.75 bits per heavy atom. The predicted octanol–water partition coefficient (Wildman–Crippen LogP) is 2.07. The Labute approximate surface area is 52.1 Å². The van der Waals surface area contributed by atoms with Gasteiger partial charge in [0.05, 0.1) is 12.5 Å². The summed E-state index contributed by atoms with van der Waals surface area (Å²) in [5.41, 5.74) is 1.34. The Balaban J connectivity index is 2.28. The van der Waals surface area contributed by atoms with Crippen molar-refractivity contribution in [2.75, 3.05) is 5.75 Å². The van der Waals surface area contributed by atoms with Gasteiger partial charge in [-0.15, -0.1) is 0 Å². The van der Waals surface area contributed by atoms with Gasteiger partial charge in [-0.1, -0.05) is 0 Å². The fourth-order valence-electron chi connectivity index (χ4n) is 0.699. The van der Waals surface area contributed by atoms with Crippen molar-refractivity contribution in [2.45, 2.75) is 5.25 Å². The average molecular weight is 126 g/mol. The minimum Gasteiger partial charge on any atom is -0.472 e. The Morgan fingerprint density at radius 3 is 3.12 bits per heavy atom. The molecule has 0 bridgehead atoms. The zero-order valence-electron chi connectivity index (χ0n) is 4.33. The number of hydrogen-bond donors (Lipinski definition) is 0. The van der Waals surface area contributed by atoms with Crippen LogP contribution in [0.4, 0.5) is 0 Å². The van der Waals surface area contributed by atoms with E-state index in [1.54, 1.807) is 6.26 Å². The normalized spacial score (nSPS) is 25.8. The van der Waals surface area contributed by atoms with Gasteiger partial charge in [-0.2, -0.15) is 11.8 Å². The summed E-state index contributed by atoms with van der Waals surface area (Å²) >= 11 is 1.97. The number of rotatable bonds is 1. The van der Waals surface area contributed by atoms with Crippen LogP contribution in [0.3, 0.4) is 0 Å². The summed E-state index contributed by atoms with van der Waals surface area (Å²) in [6, 6.07) is 2.03. The van der Waals surface area contributed by atoms with Crippen molar-refractivity contribution in [2.24, 2.45) is 0 Å². The van der Waals surface area contributed by atoms with Crippen LogP contribution in [0.2, 0.25) is 0 Å². The van der Waals surface area contributed by atoms with Gasteiger partial charge in [0.2, 0.25) is 0 Å². The third-order valence-electron chi connectivity index (χ3n) is 1.25. The highest BCUT2D eigenvalue weighted by atomic mass is 32.2. The predicted molar refractivity (Wildman–Crippen MR) is 33.9 cm³/mol. The molecule has 1 aliphatic rings. The monoisotopic (exact) mass is 126 g/mol. The van der Waals surface area contributed by atoms with Crippen LogP contribution in [0.25, 0.3) is 0 Å². The van der Waals surface area contributed by atoms with Crippen LogP contribution in [0.5, 0.6) is 0 Å². The van der Waals surface area contributed by atoms with Gasteiger partial charge in [-0.25, -0.2) is 0 Å². The van der Waals surface area contributed by atoms with Crippen molar-refractivity contribution in [3.05, 3.63) is 24.2 Å². The second-order valence-electron chi connectivity index (χ2n) is 1.88. The summed E-state index contributed by atoms with van der Waals surface area (Å²) in [5.74, 6) is 1.28. The van der Waals surface area contributed by atoms with E-state index in [2.05, 4.69) is 0 Å². The first-order chi connectivity index (χ1) is 3.97. The highest BCUT2D eigenvalue weighted by Crippen LogP contribution is 2.45. The number of hydrogen-bond acceptors (Lipinski definition) is 2. The SMILES string of the molecule is c1cc(C2CS2)co1. The van der Waals surface area contributed by atoms with Gasteiger partial charge in [-0.3, -0.25) is 0 Å². The molecule has 0 N–H and O–H groups in total. The van der Waals surface area contributed by atoms with Gasteiger partial charge in [0.15, 0.2) is 0 Å². The fourth-order valence-corrected chi connectivity index (χ4v) is 1.31. The van der Waals surface area contributed by atoms with Gasteiger partial charge < -0.3 is 4.42 Å². The molecule has 1 saturated heterocycles. The summed E-state index contributed by atoms with van der Waals surface area (Å²) in [4.78, 5) is 0. The molecule has 2 rings (SSSR count). The van der Waals surface area contributed by atoms with Crippen LogP contribution in [0, 0.1) is 0 Å². The lowest BCUT2D eigenvalue weighted by atomic mass is 10.3. The highest BCUT2D eigenvalue weighted by Gasteiger charge is 2.24. The molecule has 1 aromatic heterocycles. The zero-order chi connectivity index (χ0) is 5.40. The van der Waals surface area contributed by atoms with Crippen molar-refractivity contribution in [3.8, 4) is 0 Å². The topological polar surface area (TPSA) is 13.1 Å². The zero-order valence-corrected chi connectivity index (χ0v) is 5.15. The molecular formula is C6H6OS. The second-order valence-corrected chi connectivity index (χ2v) is 3.11. The van der Waals surface area contributed by atoms with Crippen molar-refractivity contribution in [3.63, 3.8) is 0 Å². The minimum absolute atomic E-state index is 0.758. The fraction of sp³-hybridized carbons (Fsp3) is 0.333. The standard InChI is InChI=1S/C6H6OS/c1-2-7-3-5(1)6-4-8-6/h1-3,6H,4H2. The first-order valence-corrected chi connectivity index (χ1v) is 3.65. The Hall–Kier alpha value is -0.370. The maximum absolute atomic E-state index is 4.90. The summed E-state index contributed by atoms with van der Waals surface area (Å²) in [6.45, 7) is 0. The van der Waals surface area contributed by atoms with Gasteiger partial charge in [0.25, 0.3) is 0 Å². The quantitative estimate of drug-likeness (QED) is 0.534. The van der Waals surface area contributed by atoms with Crippen LogP contribution in [0.15, 0.2) is 23.0 Å². The molecule has 1 nitrogen and oxygen atoms in total. The van der Waals surface area contributed by atoms with E-state index in [0.29, 0.717) is 0 Å². The Morgan fingerprint density at radius 2 is 2.62 bits per heavy atom.